The molecule has 0 aromatic carbocycles. The normalized spacial score (nSPS) is 24.4. The lowest BCUT2D eigenvalue weighted by Gasteiger charge is -2.48. The van der Waals surface area contributed by atoms with Crippen molar-refractivity contribution in [2.45, 2.75) is 25.7 Å². The number of hydrogen-bond acceptors (Lipinski definition) is 4. The van der Waals surface area contributed by atoms with Crippen LogP contribution in [0.4, 0.5) is 10.2 Å². The molecule has 0 bridgehead atoms. The van der Waals surface area contributed by atoms with Gasteiger partial charge in [0.25, 0.3) is 0 Å². The highest BCUT2D eigenvalue weighted by Gasteiger charge is 2.42. The molecule has 0 aliphatic carbocycles. The van der Waals surface area contributed by atoms with Crippen molar-refractivity contribution in [3.05, 3.63) is 23.1 Å². The number of halogens is 2. The Morgan fingerprint density at radius 1 is 1.36 bits per heavy atom. The molecule has 1 atom stereocenters. The monoisotopic (exact) mass is 368 g/mol. The third kappa shape index (κ3) is 4.23. The summed E-state index contributed by atoms with van der Waals surface area (Å²) in [7, 11) is 4.03. The van der Waals surface area contributed by atoms with Gasteiger partial charge in [0, 0.05) is 50.8 Å². The van der Waals surface area contributed by atoms with Crippen LogP contribution in [0.3, 0.4) is 0 Å². The third-order valence-electron chi connectivity index (χ3n) is 5.31. The Morgan fingerprint density at radius 2 is 2.16 bits per heavy atom. The van der Waals surface area contributed by atoms with E-state index in [0.717, 1.165) is 52.0 Å². The molecule has 0 radical (unpaired) electrons. The summed E-state index contributed by atoms with van der Waals surface area (Å²) in [6, 6.07) is 1.32. The molecule has 2 saturated heterocycles. The molecular weight excluding hydrogens is 343 g/mol. The predicted octanol–water partition coefficient (Wildman–Crippen LogP) is 2.64. The average molecular weight is 369 g/mol. The molecule has 3 rings (SSSR count). The van der Waals surface area contributed by atoms with Gasteiger partial charge in [0.1, 0.15) is 0 Å². The Hall–Kier alpha value is -1.40. The second-order valence-electron chi connectivity index (χ2n) is 7.60. The summed E-state index contributed by atoms with van der Waals surface area (Å²) in [5.74, 6) is 0.238. The molecule has 1 aromatic heterocycles. The zero-order valence-corrected chi connectivity index (χ0v) is 15.7. The molecule has 0 unspecified atom stereocenters. The van der Waals surface area contributed by atoms with E-state index in [1.165, 1.54) is 12.3 Å². The standard InChI is InChI=1S/C18H26ClFN4O/c1-22(2)8-9-23-12-18(6-4-16(23)25)5-3-7-24(13-18)17-15(20)10-14(19)11-21-17/h10-11H,3-9,12-13H2,1-2H3/t18-/m1/s1. The van der Waals surface area contributed by atoms with Crippen molar-refractivity contribution in [2.75, 3.05) is 51.7 Å². The van der Waals surface area contributed by atoms with Crippen LogP contribution >= 0.6 is 11.6 Å². The van der Waals surface area contributed by atoms with Gasteiger partial charge in [0.2, 0.25) is 5.91 Å². The molecule has 138 valence electrons. The number of likely N-dealkylation sites (N-methyl/N-ethyl adjacent to an activating group) is 1. The lowest BCUT2D eigenvalue weighted by molar-refractivity contribution is -0.138. The van der Waals surface area contributed by atoms with E-state index in [-0.39, 0.29) is 17.1 Å². The number of likely N-dealkylation sites (tertiary alicyclic amines) is 1. The van der Waals surface area contributed by atoms with Crippen LogP contribution in [0.1, 0.15) is 25.7 Å². The highest BCUT2D eigenvalue weighted by molar-refractivity contribution is 6.30. The fraction of sp³-hybridized carbons (Fsp3) is 0.667. The van der Waals surface area contributed by atoms with Crippen LogP contribution < -0.4 is 4.90 Å². The molecule has 0 N–H and O–H groups in total. The summed E-state index contributed by atoms with van der Waals surface area (Å²) in [6.45, 7) is 3.90. The minimum absolute atomic E-state index is 0.0340. The summed E-state index contributed by atoms with van der Waals surface area (Å²) in [4.78, 5) is 22.6. The van der Waals surface area contributed by atoms with Gasteiger partial charge >= 0.3 is 0 Å². The van der Waals surface area contributed by atoms with E-state index in [2.05, 4.69) is 9.88 Å². The van der Waals surface area contributed by atoms with Crippen molar-refractivity contribution in [1.29, 1.82) is 0 Å². The number of pyridine rings is 1. The third-order valence-corrected chi connectivity index (χ3v) is 5.52. The number of anilines is 1. The second-order valence-corrected chi connectivity index (χ2v) is 8.04. The van der Waals surface area contributed by atoms with Gasteiger partial charge in [0.05, 0.1) is 5.02 Å². The van der Waals surface area contributed by atoms with E-state index in [4.69, 9.17) is 11.6 Å². The fourth-order valence-corrected chi connectivity index (χ4v) is 4.13. The minimum Gasteiger partial charge on any atom is -0.354 e. The van der Waals surface area contributed by atoms with Crippen LogP contribution in [0.15, 0.2) is 12.3 Å². The molecule has 1 amide bonds. The maximum absolute atomic E-state index is 14.3. The van der Waals surface area contributed by atoms with Gasteiger partial charge in [-0.1, -0.05) is 11.6 Å². The number of carbonyl (C=O) groups is 1. The quantitative estimate of drug-likeness (QED) is 0.819. The number of nitrogens with zero attached hydrogens (tertiary/aromatic N) is 4. The number of amides is 1. The Balaban J connectivity index is 1.73. The van der Waals surface area contributed by atoms with Crippen LogP contribution in [0.2, 0.25) is 5.02 Å². The van der Waals surface area contributed by atoms with E-state index in [1.807, 2.05) is 23.9 Å². The number of rotatable bonds is 4. The van der Waals surface area contributed by atoms with Crippen molar-refractivity contribution >= 4 is 23.3 Å². The van der Waals surface area contributed by atoms with Gasteiger partial charge in [0.15, 0.2) is 11.6 Å². The Morgan fingerprint density at radius 3 is 2.88 bits per heavy atom. The predicted molar refractivity (Wildman–Crippen MR) is 97.5 cm³/mol. The maximum Gasteiger partial charge on any atom is 0.222 e. The summed E-state index contributed by atoms with van der Waals surface area (Å²) < 4.78 is 14.3. The second kappa shape index (κ2) is 7.46. The molecule has 2 aliphatic rings. The zero-order valence-electron chi connectivity index (χ0n) is 15.0. The van der Waals surface area contributed by atoms with E-state index in [9.17, 15) is 9.18 Å². The highest BCUT2D eigenvalue weighted by atomic mass is 35.5. The number of aromatic nitrogens is 1. The Bertz CT molecular complexity index is 642. The van der Waals surface area contributed by atoms with E-state index >= 15 is 0 Å². The lowest BCUT2D eigenvalue weighted by atomic mass is 9.73. The zero-order chi connectivity index (χ0) is 18.0. The number of piperidine rings is 2. The van der Waals surface area contributed by atoms with Gasteiger partial charge in [-0.3, -0.25) is 4.79 Å². The van der Waals surface area contributed by atoms with Gasteiger partial charge in [-0.2, -0.15) is 0 Å². The smallest absolute Gasteiger partial charge is 0.222 e. The number of hydrogen-bond donors (Lipinski definition) is 0. The molecule has 7 heteroatoms. The van der Waals surface area contributed by atoms with Gasteiger partial charge < -0.3 is 14.7 Å². The maximum atomic E-state index is 14.3. The van der Waals surface area contributed by atoms with Crippen LogP contribution in [-0.2, 0) is 4.79 Å². The first-order valence-electron chi connectivity index (χ1n) is 8.87. The van der Waals surface area contributed by atoms with Gasteiger partial charge in [-0.05, 0) is 39.4 Å². The first kappa shape index (κ1) is 18.4. The molecule has 25 heavy (non-hydrogen) atoms. The van der Waals surface area contributed by atoms with Crippen molar-refractivity contribution in [2.24, 2.45) is 5.41 Å². The molecule has 5 nitrogen and oxygen atoms in total. The van der Waals surface area contributed by atoms with Crippen LogP contribution in [-0.4, -0.2) is 67.5 Å². The topological polar surface area (TPSA) is 39.7 Å². The summed E-state index contributed by atoms with van der Waals surface area (Å²) in [5, 5.41) is 0.311. The first-order chi connectivity index (χ1) is 11.9. The van der Waals surface area contributed by atoms with Crippen LogP contribution in [0, 0.1) is 11.2 Å². The van der Waals surface area contributed by atoms with E-state index in [1.54, 1.807) is 0 Å². The molecule has 3 heterocycles. The molecule has 2 fully saturated rings. The average Bonchev–Trinajstić information content (AvgIpc) is 2.56. The summed E-state index contributed by atoms with van der Waals surface area (Å²) in [6.07, 6.45) is 5.01. The van der Waals surface area contributed by atoms with E-state index < -0.39 is 0 Å². The highest BCUT2D eigenvalue weighted by Crippen LogP contribution is 2.40. The first-order valence-corrected chi connectivity index (χ1v) is 9.25. The molecular formula is C18H26ClFN4O. The Labute approximate surface area is 153 Å². The number of carbonyl (C=O) groups excluding carboxylic acids is 1. The molecule has 1 aromatic rings. The lowest BCUT2D eigenvalue weighted by Crippen LogP contribution is -2.55. The summed E-state index contributed by atoms with van der Waals surface area (Å²) >= 11 is 5.82. The molecule has 0 saturated carbocycles. The van der Waals surface area contributed by atoms with Gasteiger partial charge in [-0.15, -0.1) is 0 Å². The van der Waals surface area contributed by atoms with Crippen molar-refractivity contribution in [3.63, 3.8) is 0 Å². The van der Waals surface area contributed by atoms with Gasteiger partial charge in [-0.25, -0.2) is 9.37 Å². The van der Waals surface area contributed by atoms with Crippen molar-refractivity contribution in [1.82, 2.24) is 14.8 Å². The fourth-order valence-electron chi connectivity index (χ4n) is 3.99. The van der Waals surface area contributed by atoms with Crippen LogP contribution in [0.5, 0.6) is 0 Å². The minimum atomic E-state index is -0.374. The van der Waals surface area contributed by atoms with Crippen LogP contribution in [0.25, 0.3) is 0 Å². The molecule has 2 aliphatic heterocycles. The van der Waals surface area contributed by atoms with Crippen molar-refractivity contribution in [3.8, 4) is 0 Å². The SMILES string of the molecule is CN(C)CCN1C[C@@]2(CCCN(c3ncc(Cl)cc3F)C2)CCC1=O. The van der Waals surface area contributed by atoms with E-state index in [0.29, 0.717) is 17.3 Å². The largest absolute Gasteiger partial charge is 0.354 e. The summed E-state index contributed by atoms with van der Waals surface area (Å²) in [5.41, 5.74) is 0.0340. The molecule has 1 spiro atoms. The van der Waals surface area contributed by atoms with Crippen molar-refractivity contribution < 1.29 is 9.18 Å². The Kier molecular flexibility index (Phi) is 5.49.